The van der Waals surface area contributed by atoms with E-state index in [1.165, 1.54) is 6.42 Å². The summed E-state index contributed by atoms with van der Waals surface area (Å²) in [4.78, 5) is 26.7. The van der Waals surface area contributed by atoms with Crippen LogP contribution in [0.1, 0.15) is 49.4 Å². The molecule has 0 aliphatic carbocycles. The number of nitrogens with zero attached hydrogens (tertiary/aromatic N) is 1. The van der Waals surface area contributed by atoms with Crippen molar-refractivity contribution in [3.05, 3.63) is 29.8 Å². The number of hydrogen-bond donors (Lipinski definition) is 1. The third-order valence-electron chi connectivity index (χ3n) is 4.66. The van der Waals surface area contributed by atoms with Gasteiger partial charge in [0.15, 0.2) is 0 Å². The lowest BCUT2D eigenvalue weighted by Gasteiger charge is -2.33. The van der Waals surface area contributed by atoms with Gasteiger partial charge in [-0.05, 0) is 57.2 Å². The molecule has 2 amide bonds. The van der Waals surface area contributed by atoms with Crippen LogP contribution >= 0.6 is 0 Å². The van der Waals surface area contributed by atoms with E-state index in [0.29, 0.717) is 17.9 Å². The molecule has 2 heterocycles. The van der Waals surface area contributed by atoms with E-state index in [1.807, 2.05) is 23.1 Å². The van der Waals surface area contributed by atoms with Crippen LogP contribution in [0.15, 0.2) is 24.3 Å². The predicted octanol–water partition coefficient (Wildman–Crippen LogP) is 2.82. The van der Waals surface area contributed by atoms with E-state index >= 15 is 0 Å². The summed E-state index contributed by atoms with van der Waals surface area (Å²) in [7, 11) is 0. The smallest absolute Gasteiger partial charge is 0.254 e. The molecule has 23 heavy (non-hydrogen) atoms. The van der Waals surface area contributed by atoms with Crippen LogP contribution in [0.4, 0.5) is 5.69 Å². The quantitative estimate of drug-likeness (QED) is 0.933. The molecule has 0 aromatic heterocycles. The highest BCUT2D eigenvalue weighted by molar-refractivity contribution is 5.98. The molecule has 2 atom stereocenters. The molecular formula is C18H24N2O3. The first-order valence-electron chi connectivity index (χ1n) is 8.48. The highest BCUT2D eigenvalue weighted by atomic mass is 16.5. The average Bonchev–Trinajstić information content (AvgIpc) is 3.09. The van der Waals surface area contributed by atoms with Gasteiger partial charge in [0.2, 0.25) is 0 Å². The van der Waals surface area contributed by atoms with Gasteiger partial charge in [-0.1, -0.05) is 6.07 Å². The zero-order valence-corrected chi connectivity index (χ0v) is 13.6. The van der Waals surface area contributed by atoms with Crippen molar-refractivity contribution in [1.29, 1.82) is 0 Å². The number of carbonyl (C=O) groups excluding carboxylic acids is 2. The van der Waals surface area contributed by atoms with Gasteiger partial charge < -0.3 is 15.0 Å². The van der Waals surface area contributed by atoms with Gasteiger partial charge in [0.25, 0.3) is 11.8 Å². The van der Waals surface area contributed by atoms with Crippen LogP contribution in [0.25, 0.3) is 0 Å². The monoisotopic (exact) mass is 316 g/mol. The van der Waals surface area contributed by atoms with Gasteiger partial charge in [0, 0.05) is 30.4 Å². The Hall–Kier alpha value is -1.88. The Morgan fingerprint density at radius 2 is 2.09 bits per heavy atom. The van der Waals surface area contributed by atoms with E-state index in [0.717, 1.165) is 32.2 Å². The number of hydrogen-bond acceptors (Lipinski definition) is 3. The molecule has 1 aromatic rings. The first-order valence-corrected chi connectivity index (χ1v) is 8.48. The molecule has 2 aliphatic heterocycles. The van der Waals surface area contributed by atoms with E-state index in [9.17, 15) is 9.59 Å². The summed E-state index contributed by atoms with van der Waals surface area (Å²) < 4.78 is 5.39. The number of benzene rings is 1. The predicted molar refractivity (Wildman–Crippen MR) is 88.4 cm³/mol. The second-order valence-electron chi connectivity index (χ2n) is 6.42. The maximum Gasteiger partial charge on any atom is 0.254 e. The van der Waals surface area contributed by atoms with Crippen LogP contribution in [-0.4, -0.2) is 42.0 Å². The minimum atomic E-state index is -0.364. The lowest BCUT2D eigenvalue weighted by atomic mass is 10.0. The molecular weight excluding hydrogens is 292 g/mol. The summed E-state index contributed by atoms with van der Waals surface area (Å²) in [5.74, 6) is -0.0798. The van der Waals surface area contributed by atoms with Crippen molar-refractivity contribution < 1.29 is 14.3 Å². The minimum Gasteiger partial charge on any atom is -0.368 e. The van der Waals surface area contributed by atoms with Gasteiger partial charge in [-0.2, -0.15) is 0 Å². The number of ether oxygens (including phenoxy) is 1. The fourth-order valence-corrected chi connectivity index (χ4v) is 3.30. The third kappa shape index (κ3) is 3.72. The number of amides is 2. The Labute approximate surface area is 137 Å². The van der Waals surface area contributed by atoms with Crippen molar-refractivity contribution >= 4 is 17.5 Å². The van der Waals surface area contributed by atoms with Gasteiger partial charge in [-0.15, -0.1) is 0 Å². The summed E-state index contributed by atoms with van der Waals surface area (Å²) in [5, 5.41) is 2.86. The molecule has 3 rings (SSSR count). The van der Waals surface area contributed by atoms with Crippen molar-refractivity contribution in [2.45, 2.75) is 51.2 Å². The van der Waals surface area contributed by atoms with Crippen molar-refractivity contribution in [3.8, 4) is 0 Å². The molecule has 0 spiro atoms. The highest BCUT2D eigenvalue weighted by Crippen LogP contribution is 2.21. The molecule has 2 aliphatic rings. The molecule has 0 saturated carbocycles. The second kappa shape index (κ2) is 7.13. The van der Waals surface area contributed by atoms with Crippen molar-refractivity contribution in [1.82, 2.24) is 4.90 Å². The summed E-state index contributed by atoms with van der Waals surface area (Å²) in [6.45, 7) is 3.55. The summed E-state index contributed by atoms with van der Waals surface area (Å²) >= 11 is 0. The number of piperidine rings is 1. The molecule has 2 fully saturated rings. The van der Waals surface area contributed by atoms with Crippen LogP contribution in [0.3, 0.4) is 0 Å². The van der Waals surface area contributed by atoms with E-state index in [-0.39, 0.29) is 24.0 Å². The molecule has 0 radical (unpaired) electrons. The number of anilines is 1. The molecule has 5 heteroatoms. The van der Waals surface area contributed by atoms with Gasteiger partial charge in [-0.25, -0.2) is 0 Å². The van der Waals surface area contributed by atoms with Crippen molar-refractivity contribution in [2.75, 3.05) is 18.5 Å². The van der Waals surface area contributed by atoms with E-state index in [1.54, 1.807) is 6.07 Å². The van der Waals surface area contributed by atoms with Crippen LogP contribution in [-0.2, 0) is 9.53 Å². The van der Waals surface area contributed by atoms with Crippen molar-refractivity contribution in [2.24, 2.45) is 0 Å². The zero-order valence-electron chi connectivity index (χ0n) is 13.6. The lowest BCUT2D eigenvalue weighted by molar-refractivity contribution is -0.124. The van der Waals surface area contributed by atoms with Crippen LogP contribution < -0.4 is 5.32 Å². The maximum absolute atomic E-state index is 12.7. The molecule has 0 bridgehead atoms. The largest absolute Gasteiger partial charge is 0.368 e. The van der Waals surface area contributed by atoms with Crippen LogP contribution in [0, 0.1) is 0 Å². The molecule has 124 valence electrons. The fraction of sp³-hybridized carbons (Fsp3) is 0.556. The zero-order chi connectivity index (χ0) is 16.2. The summed E-state index contributed by atoms with van der Waals surface area (Å²) in [5.41, 5.74) is 1.28. The SMILES string of the molecule is CC1CCCCN1C(=O)c1cccc(NC(=O)C2CCCO2)c1. The van der Waals surface area contributed by atoms with Gasteiger partial charge in [-0.3, -0.25) is 9.59 Å². The van der Waals surface area contributed by atoms with Gasteiger partial charge in [0.05, 0.1) is 0 Å². The van der Waals surface area contributed by atoms with Crippen LogP contribution in [0.5, 0.6) is 0 Å². The molecule has 1 N–H and O–H groups in total. The van der Waals surface area contributed by atoms with Crippen molar-refractivity contribution in [3.63, 3.8) is 0 Å². The number of likely N-dealkylation sites (tertiary alicyclic amines) is 1. The molecule has 2 saturated heterocycles. The third-order valence-corrected chi connectivity index (χ3v) is 4.66. The first-order chi connectivity index (χ1) is 11.1. The molecule has 2 unspecified atom stereocenters. The minimum absolute atomic E-state index is 0.0467. The highest BCUT2D eigenvalue weighted by Gasteiger charge is 2.25. The van der Waals surface area contributed by atoms with E-state index < -0.39 is 0 Å². The topological polar surface area (TPSA) is 58.6 Å². The Balaban J connectivity index is 1.69. The van der Waals surface area contributed by atoms with E-state index in [2.05, 4.69) is 12.2 Å². The standard InChI is InChI=1S/C18H24N2O3/c1-13-6-2-3-10-20(13)18(22)14-7-4-8-15(12-14)19-17(21)16-9-5-11-23-16/h4,7-8,12-13,16H,2-3,5-6,9-11H2,1H3,(H,19,21). The van der Waals surface area contributed by atoms with Crippen LogP contribution in [0.2, 0.25) is 0 Å². The average molecular weight is 316 g/mol. The van der Waals surface area contributed by atoms with Gasteiger partial charge >= 0.3 is 0 Å². The normalized spacial score (nSPS) is 24.5. The summed E-state index contributed by atoms with van der Waals surface area (Å²) in [6, 6.07) is 7.47. The van der Waals surface area contributed by atoms with E-state index in [4.69, 9.17) is 4.74 Å². The van der Waals surface area contributed by atoms with Gasteiger partial charge in [0.1, 0.15) is 6.10 Å². The number of carbonyl (C=O) groups is 2. The second-order valence-corrected chi connectivity index (χ2v) is 6.42. The molecule has 5 nitrogen and oxygen atoms in total. The fourth-order valence-electron chi connectivity index (χ4n) is 3.30. The first kappa shape index (κ1) is 16.0. The Morgan fingerprint density at radius 3 is 2.83 bits per heavy atom. The Morgan fingerprint density at radius 1 is 1.22 bits per heavy atom. The Kier molecular flexibility index (Phi) is 4.96. The Bertz CT molecular complexity index is 581. The summed E-state index contributed by atoms with van der Waals surface area (Å²) in [6.07, 6.45) is 4.62. The maximum atomic E-state index is 12.7. The number of nitrogens with one attached hydrogen (secondary N) is 1. The lowest BCUT2D eigenvalue weighted by Crippen LogP contribution is -2.42. The molecule has 1 aromatic carbocycles. The number of rotatable bonds is 3.